The fraction of sp³-hybridized carbons (Fsp3) is 0.538. The Morgan fingerprint density at radius 1 is 1.38 bits per heavy atom. The van der Waals surface area contributed by atoms with Gasteiger partial charge in [0.1, 0.15) is 0 Å². The number of hydrogen-bond acceptors (Lipinski definition) is 3. The Bertz CT molecular complexity index is 359. The highest BCUT2D eigenvalue weighted by molar-refractivity contribution is 5.47. The Morgan fingerprint density at radius 3 is 2.69 bits per heavy atom. The van der Waals surface area contributed by atoms with Crippen molar-refractivity contribution in [2.24, 2.45) is 11.7 Å². The molecule has 1 aromatic rings. The maximum atomic E-state index is 10.0. The van der Waals surface area contributed by atoms with Gasteiger partial charge in [-0.1, -0.05) is 25.0 Å². The van der Waals surface area contributed by atoms with Crippen LogP contribution in [-0.4, -0.2) is 12.2 Å². The van der Waals surface area contributed by atoms with Crippen LogP contribution in [0.2, 0.25) is 0 Å². The number of aromatic hydroxyl groups is 1. The van der Waals surface area contributed by atoms with Crippen LogP contribution in [0.1, 0.15) is 37.3 Å². The van der Waals surface area contributed by atoms with Crippen LogP contribution in [0.4, 0.5) is 0 Å². The third-order valence-corrected chi connectivity index (χ3v) is 3.52. The van der Waals surface area contributed by atoms with Crippen LogP contribution in [-0.2, 0) is 0 Å². The van der Waals surface area contributed by atoms with Gasteiger partial charge in [0.2, 0.25) is 0 Å². The first-order chi connectivity index (χ1) is 7.74. The van der Waals surface area contributed by atoms with Gasteiger partial charge >= 0.3 is 0 Å². The maximum absolute atomic E-state index is 10.0. The standard InChI is InChI=1S/C13H19NO2/c1-16-11-8-4-7-10(13(11)15)12(14)9-5-2-3-6-9/h4,7-9,12,15H,2-3,5-6,14H2,1H3/t12-/m0/s1. The van der Waals surface area contributed by atoms with Crippen LogP contribution in [0.3, 0.4) is 0 Å². The third kappa shape index (κ3) is 2.00. The molecule has 88 valence electrons. The molecule has 16 heavy (non-hydrogen) atoms. The van der Waals surface area contributed by atoms with Gasteiger partial charge in [-0.05, 0) is 24.8 Å². The van der Waals surface area contributed by atoms with E-state index in [9.17, 15) is 5.11 Å². The van der Waals surface area contributed by atoms with Gasteiger partial charge < -0.3 is 15.6 Å². The molecular weight excluding hydrogens is 202 g/mol. The van der Waals surface area contributed by atoms with Crippen molar-refractivity contribution in [3.8, 4) is 11.5 Å². The SMILES string of the molecule is COc1cccc([C@@H](N)C2CCCC2)c1O. The first-order valence-corrected chi connectivity index (χ1v) is 5.85. The predicted molar refractivity (Wildman–Crippen MR) is 63.5 cm³/mol. The summed E-state index contributed by atoms with van der Waals surface area (Å²) in [6, 6.07) is 5.45. The van der Waals surface area contributed by atoms with Crippen LogP contribution in [0, 0.1) is 5.92 Å². The largest absolute Gasteiger partial charge is 0.504 e. The van der Waals surface area contributed by atoms with E-state index in [1.165, 1.54) is 12.8 Å². The molecule has 1 fully saturated rings. The summed E-state index contributed by atoms with van der Waals surface area (Å²) in [6.07, 6.45) is 4.84. The average molecular weight is 221 g/mol. The number of hydrogen-bond donors (Lipinski definition) is 2. The van der Waals surface area contributed by atoms with E-state index in [-0.39, 0.29) is 11.8 Å². The lowest BCUT2D eigenvalue weighted by atomic mass is 9.92. The maximum Gasteiger partial charge on any atom is 0.162 e. The smallest absolute Gasteiger partial charge is 0.162 e. The van der Waals surface area contributed by atoms with Gasteiger partial charge in [-0.2, -0.15) is 0 Å². The van der Waals surface area contributed by atoms with E-state index >= 15 is 0 Å². The highest BCUT2D eigenvalue weighted by Gasteiger charge is 2.25. The van der Waals surface area contributed by atoms with Crippen molar-refractivity contribution in [1.29, 1.82) is 0 Å². The van der Waals surface area contributed by atoms with E-state index < -0.39 is 0 Å². The number of para-hydroxylation sites is 1. The minimum Gasteiger partial charge on any atom is -0.504 e. The van der Waals surface area contributed by atoms with Crippen molar-refractivity contribution in [3.63, 3.8) is 0 Å². The van der Waals surface area contributed by atoms with Crippen LogP contribution >= 0.6 is 0 Å². The van der Waals surface area contributed by atoms with E-state index in [2.05, 4.69) is 0 Å². The summed E-state index contributed by atoms with van der Waals surface area (Å²) in [5.74, 6) is 1.20. The van der Waals surface area contributed by atoms with Crippen molar-refractivity contribution in [1.82, 2.24) is 0 Å². The van der Waals surface area contributed by atoms with Crippen LogP contribution < -0.4 is 10.5 Å². The lowest BCUT2D eigenvalue weighted by Gasteiger charge is -2.21. The summed E-state index contributed by atoms with van der Waals surface area (Å²) < 4.78 is 5.09. The molecule has 0 amide bonds. The highest BCUT2D eigenvalue weighted by atomic mass is 16.5. The molecule has 1 atom stereocenters. The first-order valence-electron chi connectivity index (χ1n) is 5.85. The second-order valence-electron chi connectivity index (χ2n) is 4.47. The zero-order valence-corrected chi connectivity index (χ0v) is 9.65. The second-order valence-corrected chi connectivity index (χ2v) is 4.47. The number of ether oxygens (including phenoxy) is 1. The minimum absolute atomic E-state index is 0.0717. The van der Waals surface area contributed by atoms with Crippen molar-refractivity contribution in [3.05, 3.63) is 23.8 Å². The first kappa shape index (κ1) is 11.3. The molecule has 0 heterocycles. The fourth-order valence-corrected chi connectivity index (χ4v) is 2.54. The number of methoxy groups -OCH3 is 1. The molecule has 0 bridgehead atoms. The van der Waals surface area contributed by atoms with E-state index in [0.29, 0.717) is 11.7 Å². The summed E-state index contributed by atoms with van der Waals surface area (Å²) in [5, 5.41) is 10.0. The average Bonchev–Trinajstić information content (AvgIpc) is 2.82. The summed E-state index contributed by atoms with van der Waals surface area (Å²) in [5.41, 5.74) is 7.02. The van der Waals surface area contributed by atoms with E-state index in [4.69, 9.17) is 10.5 Å². The van der Waals surface area contributed by atoms with E-state index in [1.807, 2.05) is 12.1 Å². The van der Waals surface area contributed by atoms with Gasteiger partial charge in [0.25, 0.3) is 0 Å². The lowest BCUT2D eigenvalue weighted by molar-refractivity contribution is 0.360. The molecule has 1 aliphatic rings. The van der Waals surface area contributed by atoms with Gasteiger partial charge in [-0.15, -0.1) is 0 Å². The molecule has 3 nitrogen and oxygen atoms in total. The second kappa shape index (κ2) is 4.74. The Kier molecular flexibility index (Phi) is 3.34. The van der Waals surface area contributed by atoms with Crippen LogP contribution in [0.15, 0.2) is 18.2 Å². The molecule has 1 saturated carbocycles. The molecular formula is C13H19NO2. The highest BCUT2D eigenvalue weighted by Crippen LogP contribution is 2.40. The van der Waals surface area contributed by atoms with E-state index in [0.717, 1.165) is 18.4 Å². The normalized spacial score (nSPS) is 18.6. The van der Waals surface area contributed by atoms with Crippen molar-refractivity contribution < 1.29 is 9.84 Å². The number of benzene rings is 1. The molecule has 0 aromatic heterocycles. The molecule has 0 radical (unpaired) electrons. The zero-order valence-electron chi connectivity index (χ0n) is 9.65. The molecule has 1 aliphatic carbocycles. The zero-order chi connectivity index (χ0) is 11.5. The number of phenols is 1. The molecule has 0 saturated heterocycles. The Labute approximate surface area is 96.2 Å². The Morgan fingerprint density at radius 2 is 2.06 bits per heavy atom. The molecule has 3 N–H and O–H groups in total. The predicted octanol–water partition coefficient (Wildman–Crippen LogP) is 2.59. The fourth-order valence-electron chi connectivity index (χ4n) is 2.54. The van der Waals surface area contributed by atoms with Crippen molar-refractivity contribution >= 4 is 0 Å². The minimum atomic E-state index is -0.0717. The molecule has 0 aliphatic heterocycles. The molecule has 3 heteroatoms. The summed E-state index contributed by atoms with van der Waals surface area (Å²) >= 11 is 0. The third-order valence-electron chi connectivity index (χ3n) is 3.52. The van der Waals surface area contributed by atoms with Crippen molar-refractivity contribution in [2.75, 3.05) is 7.11 Å². The molecule has 2 rings (SSSR count). The summed E-state index contributed by atoms with van der Waals surface area (Å²) in [7, 11) is 1.56. The number of nitrogens with two attached hydrogens (primary N) is 1. The molecule has 1 aromatic carbocycles. The molecule has 0 spiro atoms. The van der Waals surface area contributed by atoms with Gasteiger partial charge in [0, 0.05) is 11.6 Å². The lowest BCUT2D eigenvalue weighted by Crippen LogP contribution is -2.19. The van der Waals surface area contributed by atoms with Gasteiger partial charge in [0.15, 0.2) is 11.5 Å². The number of rotatable bonds is 3. The summed E-state index contributed by atoms with van der Waals surface area (Å²) in [6.45, 7) is 0. The molecule has 0 unspecified atom stereocenters. The summed E-state index contributed by atoms with van der Waals surface area (Å²) in [4.78, 5) is 0. The monoisotopic (exact) mass is 221 g/mol. The van der Waals surface area contributed by atoms with Crippen molar-refractivity contribution in [2.45, 2.75) is 31.7 Å². The van der Waals surface area contributed by atoms with Gasteiger partial charge in [-0.3, -0.25) is 0 Å². The van der Waals surface area contributed by atoms with Gasteiger partial charge in [-0.25, -0.2) is 0 Å². The Hall–Kier alpha value is -1.22. The van der Waals surface area contributed by atoms with E-state index in [1.54, 1.807) is 13.2 Å². The van der Waals surface area contributed by atoms with Gasteiger partial charge in [0.05, 0.1) is 7.11 Å². The quantitative estimate of drug-likeness (QED) is 0.824. The number of phenolic OH excluding ortho intramolecular Hbond substituents is 1. The topological polar surface area (TPSA) is 55.5 Å². The Balaban J connectivity index is 2.25. The van der Waals surface area contributed by atoms with Crippen LogP contribution in [0.25, 0.3) is 0 Å². The van der Waals surface area contributed by atoms with Crippen LogP contribution in [0.5, 0.6) is 11.5 Å².